The van der Waals surface area contributed by atoms with Gasteiger partial charge in [-0.15, -0.1) is 0 Å². The van der Waals surface area contributed by atoms with Gasteiger partial charge in [0, 0.05) is 11.8 Å². The molecule has 0 spiro atoms. The third kappa shape index (κ3) is 2.53. The van der Waals surface area contributed by atoms with Crippen LogP contribution in [0.4, 0.5) is 0 Å². The first-order valence-corrected chi connectivity index (χ1v) is 5.86. The van der Waals surface area contributed by atoms with Crippen molar-refractivity contribution in [3.05, 3.63) is 42.2 Å². The van der Waals surface area contributed by atoms with Gasteiger partial charge in [0.2, 0.25) is 0 Å². The molecule has 94 valence electrons. The molecule has 0 radical (unpaired) electrons. The zero-order valence-corrected chi connectivity index (χ0v) is 10.1. The van der Waals surface area contributed by atoms with Gasteiger partial charge >= 0.3 is 5.97 Å². The number of benzene rings is 1. The van der Waals surface area contributed by atoms with Crippen LogP contribution >= 0.6 is 0 Å². The lowest BCUT2D eigenvalue weighted by Crippen LogP contribution is -1.99. The summed E-state index contributed by atoms with van der Waals surface area (Å²) in [4.78, 5) is 13.8. The summed E-state index contributed by atoms with van der Waals surface area (Å²) in [5, 5.41) is 9.06. The largest absolute Gasteiger partial charge is 0.494 e. The van der Waals surface area contributed by atoms with Crippen molar-refractivity contribution in [2.75, 3.05) is 6.61 Å². The Morgan fingerprint density at radius 2 is 2.22 bits per heavy atom. The third-order valence-electron chi connectivity index (χ3n) is 2.58. The molecule has 0 unspecified atom stereocenters. The quantitative estimate of drug-likeness (QED) is 0.850. The molecule has 0 fully saturated rings. The van der Waals surface area contributed by atoms with Gasteiger partial charge in [0.15, 0.2) is 0 Å². The maximum atomic E-state index is 11.1. The summed E-state index contributed by atoms with van der Waals surface area (Å²) in [6, 6.07) is 9.20. The van der Waals surface area contributed by atoms with Crippen LogP contribution in [0.15, 0.2) is 36.5 Å². The Morgan fingerprint density at radius 3 is 2.94 bits per heavy atom. The topological polar surface area (TPSA) is 62.3 Å². The SMILES string of the molecule is CCCOc1cccc(-c2cc[nH]c2C(=O)O)c1. The fourth-order valence-corrected chi connectivity index (χ4v) is 1.76. The van der Waals surface area contributed by atoms with Crippen LogP contribution in [-0.4, -0.2) is 22.7 Å². The number of carboxylic acids is 1. The number of nitrogens with one attached hydrogen (secondary N) is 1. The Balaban J connectivity index is 2.32. The van der Waals surface area contributed by atoms with Crippen LogP contribution < -0.4 is 4.74 Å². The summed E-state index contributed by atoms with van der Waals surface area (Å²) in [7, 11) is 0. The number of ether oxygens (including phenoxy) is 1. The number of rotatable bonds is 5. The highest BCUT2D eigenvalue weighted by Crippen LogP contribution is 2.26. The molecule has 1 heterocycles. The molecule has 2 N–H and O–H groups in total. The van der Waals surface area contributed by atoms with E-state index in [4.69, 9.17) is 9.84 Å². The van der Waals surface area contributed by atoms with Gasteiger partial charge in [-0.05, 0) is 30.2 Å². The Hall–Kier alpha value is -2.23. The molecule has 0 atom stereocenters. The minimum absolute atomic E-state index is 0.197. The number of aromatic carboxylic acids is 1. The molecule has 1 aromatic heterocycles. The van der Waals surface area contributed by atoms with E-state index in [-0.39, 0.29) is 5.69 Å². The minimum Gasteiger partial charge on any atom is -0.494 e. The maximum Gasteiger partial charge on any atom is 0.352 e. The van der Waals surface area contributed by atoms with E-state index < -0.39 is 5.97 Å². The van der Waals surface area contributed by atoms with E-state index in [9.17, 15) is 4.79 Å². The number of aromatic nitrogens is 1. The highest BCUT2D eigenvalue weighted by Gasteiger charge is 2.12. The van der Waals surface area contributed by atoms with Crippen molar-refractivity contribution in [1.82, 2.24) is 4.98 Å². The van der Waals surface area contributed by atoms with E-state index in [1.165, 1.54) is 0 Å². The zero-order chi connectivity index (χ0) is 13.0. The number of hydrogen-bond acceptors (Lipinski definition) is 2. The predicted octanol–water partition coefficient (Wildman–Crippen LogP) is 3.17. The number of carboxylic acid groups (broad SMARTS) is 1. The second-order valence-electron chi connectivity index (χ2n) is 3.95. The van der Waals surface area contributed by atoms with Crippen LogP contribution in [-0.2, 0) is 0 Å². The van der Waals surface area contributed by atoms with Crippen molar-refractivity contribution in [1.29, 1.82) is 0 Å². The van der Waals surface area contributed by atoms with Gasteiger partial charge in [-0.1, -0.05) is 19.1 Å². The van der Waals surface area contributed by atoms with Crippen LogP contribution in [0.3, 0.4) is 0 Å². The molecule has 1 aromatic carbocycles. The summed E-state index contributed by atoms with van der Waals surface area (Å²) in [6.45, 7) is 2.70. The van der Waals surface area contributed by atoms with Gasteiger partial charge in [0.1, 0.15) is 11.4 Å². The molecule has 4 nitrogen and oxygen atoms in total. The Bertz CT molecular complexity index is 545. The molecule has 0 bridgehead atoms. The maximum absolute atomic E-state index is 11.1. The molecule has 0 saturated carbocycles. The van der Waals surface area contributed by atoms with Crippen molar-refractivity contribution < 1.29 is 14.6 Å². The standard InChI is InChI=1S/C14H15NO3/c1-2-8-18-11-5-3-4-10(9-11)12-6-7-15-13(12)14(16)17/h3-7,9,15H,2,8H2,1H3,(H,16,17). The van der Waals surface area contributed by atoms with E-state index in [0.717, 1.165) is 17.7 Å². The number of carbonyl (C=O) groups is 1. The zero-order valence-electron chi connectivity index (χ0n) is 10.1. The molecule has 18 heavy (non-hydrogen) atoms. The molecule has 4 heteroatoms. The molecular formula is C14H15NO3. The van der Waals surface area contributed by atoms with Crippen molar-refractivity contribution in [2.45, 2.75) is 13.3 Å². The predicted molar refractivity (Wildman–Crippen MR) is 69.0 cm³/mol. The Kier molecular flexibility index (Phi) is 3.67. The van der Waals surface area contributed by atoms with Gasteiger partial charge in [0.25, 0.3) is 0 Å². The average Bonchev–Trinajstić information content (AvgIpc) is 2.86. The lowest BCUT2D eigenvalue weighted by Gasteiger charge is -2.06. The van der Waals surface area contributed by atoms with Crippen molar-refractivity contribution in [3.8, 4) is 16.9 Å². The monoisotopic (exact) mass is 245 g/mol. The molecule has 0 aliphatic heterocycles. The van der Waals surface area contributed by atoms with E-state index in [2.05, 4.69) is 4.98 Å². The fraction of sp³-hybridized carbons (Fsp3) is 0.214. The van der Waals surface area contributed by atoms with Crippen LogP contribution in [0.25, 0.3) is 11.1 Å². The van der Waals surface area contributed by atoms with E-state index in [1.54, 1.807) is 12.3 Å². The normalized spacial score (nSPS) is 10.3. The molecule has 0 aliphatic rings. The van der Waals surface area contributed by atoms with E-state index in [0.29, 0.717) is 12.2 Å². The molecule has 2 rings (SSSR count). The summed E-state index contributed by atoms with van der Waals surface area (Å²) in [6.07, 6.45) is 2.56. The van der Waals surface area contributed by atoms with Crippen LogP contribution in [0, 0.1) is 0 Å². The molecule has 0 aliphatic carbocycles. The van der Waals surface area contributed by atoms with Gasteiger partial charge < -0.3 is 14.8 Å². The van der Waals surface area contributed by atoms with Crippen molar-refractivity contribution in [2.24, 2.45) is 0 Å². The fourth-order valence-electron chi connectivity index (χ4n) is 1.76. The first-order chi connectivity index (χ1) is 8.72. The first kappa shape index (κ1) is 12.2. The van der Waals surface area contributed by atoms with Gasteiger partial charge in [-0.2, -0.15) is 0 Å². The number of aromatic amines is 1. The van der Waals surface area contributed by atoms with Crippen molar-refractivity contribution >= 4 is 5.97 Å². The number of H-pyrrole nitrogens is 1. The van der Waals surface area contributed by atoms with E-state index >= 15 is 0 Å². The molecule has 2 aromatic rings. The van der Waals surface area contributed by atoms with Crippen LogP contribution in [0.5, 0.6) is 5.75 Å². The lowest BCUT2D eigenvalue weighted by atomic mass is 10.1. The highest BCUT2D eigenvalue weighted by molar-refractivity contribution is 5.94. The summed E-state index contributed by atoms with van der Waals surface area (Å²) in [5.74, 6) is -0.207. The van der Waals surface area contributed by atoms with Crippen LogP contribution in [0.2, 0.25) is 0 Å². The first-order valence-electron chi connectivity index (χ1n) is 5.86. The van der Waals surface area contributed by atoms with Gasteiger partial charge in [0.05, 0.1) is 6.61 Å². The summed E-state index contributed by atoms with van der Waals surface area (Å²) in [5.41, 5.74) is 1.70. The van der Waals surface area contributed by atoms with Gasteiger partial charge in [-0.25, -0.2) is 4.79 Å². The van der Waals surface area contributed by atoms with Crippen molar-refractivity contribution in [3.63, 3.8) is 0 Å². The smallest absolute Gasteiger partial charge is 0.352 e. The summed E-state index contributed by atoms with van der Waals surface area (Å²) >= 11 is 0. The molecule has 0 saturated heterocycles. The minimum atomic E-state index is -0.963. The van der Waals surface area contributed by atoms with Gasteiger partial charge in [-0.3, -0.25) is 0 Å². The van der Waals surface area contributed by atoms with E-state index in [1.807, 2.05) is 31.2 Å². The lowest BCUT2D eigenvalue weighted by molar-refractivity contribution is 0.0692. The second kappa shape index (κ2) is 5.40. The second-order valence-corrected chi connectivity index (χ2v) is 3.95. The molecular weight excluding hydrogens is 230 g/mol. The van der Waals surface area contributed by atoms with Crippen LogP contribution in [0.1, 0.15) is 23.8 Å². The highest BCUT2D eigenvalue weighted by atomic mass is 16.5. The Morgan fingerprint density at radius 1 is 1.39 bits per heavy atom. The number of hydrogen-bond donors (Lipinski definition) is 2. The summed E-state index contributed by atoms with van der Waals surface area (Å²) < 4.78 is 5.54. The third-order valence-corrected chi connectivity index (χ3v) is 2.58. The Labute approximate surface area is 105 Å². The average molecular weight is 245 g/mol. The molecule has 0 amide bonds.